The van der Waals surface area contributed by atoms with E-state index in [-0.39, 0.29) is 17.3 Å². The van der Waals surface area contributed by atoms with Crippen LogP contribution in [0.25, 0.3) is 0 Å². The lowest BCUT2D eigenvalue weighted by molar-refractivity contribution is -0.384. The van der Waals surface area contributed by atoms with E-state index in [1.54, 1.807) is 0 Å². The quantitative estimate of drug-likeness (QED) is 0.634. The average molecular weight is 373 g/mol. The fourth-order valence-corrected chi connectivity index (χ4v) is 2.83. The van der Waals surface area contributed by atoms with E-state index in [0.717, 1.165) is 0 Å². The van der Waals surface area contributed by atoms with Crippen LogP contribution >= 0.6 is 15.9 Å². The second-order valence-electron chi connectivity index (χ2n) is 4.01. The molecule has 0 atom stereocenters. The van der Waals surface area contributed by atoms with Crippen LogP contribution in [-0.4, -0.2) is 23.3 Å². The summed E-state index contributed by atoms with van der Waals surface area (Å²) in [5.74, 6) is -0.219. The first-order valence-corrected chi connectivity index (χ1v) is 8.02. The van der Waals surface area contributed by atoms with Gasteiger partial charge in [0.2, 0.25) is 10.0 Å². The molecule has 1 N–H and O–H groups in total. The zero-order chi connectivity index (χ0) is 15.5. The first-order valence-electron chi connectivity index (χ1n) is 5.57. The summed E-state index contributed by atoms with van der Waals surface area (Å²) in [6.07, 6.45) is 2.64. The number of hydrogen-bond donors (Lipinski definition) is 1. The number of rotatable bonds is 5. The predicted octanol–water partition coefficient (Wildman–Crippen LogP) is 2.09. The van der Waals surface area contributed by atoms with Gasteiger partial charge in [0, 0.05) is 12.1 Å². The lowest BCUT2D eigenvalue weighted by Gasteiger charge is -2.06. The van der Waals surface area contributed by atoms with Crippen LogP contribution in [0.1, 0.15) is 5.56 Å². The van der Waals surface area contributed by atoms with Crippen LogP contribution in [0.2, 0.25) is 0 Å². The molecule has 8 nitrogen and oxygen atoms in total. The number of benzene rings is 1. The van der Waals surface area contributed by atoms with E-state index in [1.807, 2.05) is 0 Å². The normalized spacial score (nSPS) is 11.1. The Kier molecular flexibility index (Phi) is 4.48. The highest BCUT2D eigenvalue weighted by Gasteiger charge is 2.14. The highest BCUT2D eigenvalue weighted by atomic mass is 79.9. The third kappa shape index (κ3) is 4.46. The molecule has 10 heteroatoms. The average Bonchev–Trinajstić information content (AvgIpc) is 2.41. The van der Waals surface area contributed by atoms with Gasteiger partial charge in [-0.05, 0) is 21.5 Å². The summed E-state index contributed by atoms with van der Waals surface area (Å²) in [4.78, 5) is 17.7. The molecule has 2 rings (SSSR count). The fourth-order valence-electron chi connectivity index (χ4n) is 1.49. The topological polar surface area (TPSA) is 115 Å². The lowest BCUT2D eigenvalue weighted by Crippen LogP contribution is -2.16. The largest absolute Gasteiger partial charge is 0.269 e. The minimum atomic E-state index is -3.67. The van der Waals surface area contributed by atoms with Gasteiger partial charge in [0.1, 0.15) is 4.60 Å². The zero-order valence-electron chi connectivity index (χ0n) is 10.4. The molecule has 1 aromatic heterocycles. The van der Waals surface area contributed by atoms with E-state index in [1.165, 1.54) is 36.7 Å². The van der Waals surface area contributed by atoms with Crippen molar-refractivity contribution in [3.8, 4) is 0 Å². The Labute approximate surface area is 128 Å². The standard InChI is InChI=1S/C11H9BrN4O4S/c12-10-5-14-11(6-13-10)15-21(19,20)7-8-1-3-9(4-2-8)16(17)18/h1-6H,7H2,(H,14,15). The molecule has 0 amide bonds. The van der Waals surface area contributed by atoms with Crippen LogP contribution in [0.3, 0.4) is 0 Å². The Morgan fingerprint density at radius 1 is 1.19 bits per heavy atom. The molecular weight excluding hydrogens is 364 g/mol. The van der Waals surface area contributed by atoms with Crippen LogP contribution in [0.15, 0.2) is 41.3 Å². The van der Waals surface area contributed by atoms with Gasteiger partial charge in [-0.15, -0.1) is 0 Å². The number of anilines is 1. The van der Waals surface area contributed by atoms with Gasteiger partial charge >= 0.3 is 0 Å². The summed E-state index contributed by atoms with van der Waals surface area (Å²) in [5, 5.41) is 10.5. The molecule has 2 aromatic rings. The summed E-state index contributed by atoms with van der Waals surface area (Å²) in [5.41, 5.74) is 0.334. The first kappa shape index (κ1) is 15.3. The third-order valence-electron chi connectivity index (χ3n) is 2.38. The molecule has 0 aliphatic carbocycles. The summed E-state index contributed by atoms with van der Waals surface area (Å²) >= 11 is 3.09. The summed E-state index contributed by atoms with van der Waals surface area (Å²) in [6.45, 7) is 0. The van der Waals surface area contributed by atoms with Gasteiger partial charge in [-0.1, -0.05) is 12.1 Å². The van der Waals surface area contributed by atoms with Crippen molar-refractivity contribution in [1.29, 1.82) is 0 Å². The van der Waals surface area contributed by atoms with Crippen molar-refractivity contribution in [3.05, 3.63) is 56.9 Å². The van der Waals surface area contributed by atoms with Crippen LogP contribution in [0.4, 0.5) is 11.5 Å². The molecule has 0 unspecified atom stereocenters. The van der Waals surface area contributed by atoms with E-state index in [0.29, 0.717) is 10.2 Å². The van der Waals surface area contributed by atoms with E-state index in [9.17, 15) is 18.5 Å². The SMILES string of the molecule is O=[N+]([O-])c1ccc(CS(=O)(=O)Nc2cnc(Br)cn2)cc1. The van der Waals surface area contributed by atoms with Gasteiger partial charge < -0.3 is 0 Å². The van der Waals surface area contributed by atoms with Gasteiger partial charge in [0.15, 0.2) is 5.82 Å². The maximum Gasteiger partial charge on any atom is 0.269 e. The van der Waals surface area contributed by atoms with Crippen LogP contribution < -0.4 is 4.72 Å². The van der Waals surface area contributed by atoms with Crippen LogP contribution in [0.5, 0.6) is 0 Å². The molecular formula is C11H9BrN4O4S. The number of halogens is 1. The van der Waals surface area contributed by atoms with Gasteiger partial charge in [-0.2, -0.15) is 0 Å². The van der Waals surface area contributed by atoms with Crippen LogP contribution in [0, 0.1) is 10.1 Å². The van der Waals surface area contributed by atoms with Crippen molar-refractivity contribution in [2.75, 3.05) is 4.72 Å². The van der Waals surface area contributed by atoms with Crippen molar-refractivity contribution in [2.24, 2.45) is 0 Å². The monoisotopic (exact) mass is 372 g/mol. The Hall–Kier alpha value is -2.07. The minimum Gasteiger partial charge on any atom is -0.266 e. The van der Waals surface area contributed by atoms with Crippen molar-refractivity contribution in [2.45, 2.75) is 5.75 Å². The van der Waals surface area contributed by atoms with Gasteiger partial charge in [-0.25, -0.2) is 18.4 Å². The maximum absolute atomic E-state index is 11.9. The molecule has 0 radical (unpaired) electrons. The number of nitrogens with one attached hydrogen (secondary N) is 1. The molecule has 0 spiro atoms. The smallest absolute Gasteiger partial charge is 0.266 e. The van der Waals surface area contributed by atoms with E-state index in [4.69, 9.17) is 0 Å². The van der Waals surface area contributed by atoms with E-state index >= 15 is 0 Å². The molecule has 0 bridgehead atoms. The second-order valence-corrected chi connectivity index (χ2v) is 6.54. The molecule has 0 saturated carbocycles. The molecule has 0 aliphatic rings. The minimum absolute atomic E-state index is 0.0946. The van der Waals surface area contributed by atoms with Gasteiger partial charge in [-0.3, -0.25) is 14.8 Å². The lowest BCUT2D eigenvalue weighted by atomic mass is 10.2. The number of nitro benzene ring substituents is 1. The molecule has 1 heterocycles. The van der Waals surface area contributed by atoms with Gasteiger partial charge in [0.05, 0.1) is 23.1 Å². The molecule has 0 saturated heterocycles. The van der Waals surface area contributed by atoms with E-state index < -0.39 is 14.9 Å². The van der Waals surface area contributed by atoms with Crippen molar-refractivity contribution in [3.63, 3.8) is 0 Å². The Balaban J connectivity index is 2.10. The molecule has 1 aromatic carbocycles. The molecule has 110 valence electrons. The zero-order valence-corrected chi connectivity index (χ0v) is 12.8. The Bertz CT molecular complexity index is 747. The summed E-state index contributed by atoms with van der Waals surface area (Å²) < 4.78 is 26.7. The number of nitrogens with zero attached hydrogens (tertiary/aromatic N) is 3. The highest BCUT2D eigenvalue weighted by Crippen LogP contribution is 2.15. The predicted molar refractivity (Wildman–Crippen MR) is 79.1 cm³/mol. The number of aromatic nitrogens is 2. The molecule has 0 fully saturated rings. The Morgan fingerprint density at radius 3 is 2.38 bits per heavy atom. The van der Waals surface area contributed by atoms with Crippen molar-refractivity contribution < 1.29 is 13.3 Å². The van der Waals surface area contributed by atoms with E-state index in [2.05, 4.69) is 30.6 Å². The number of sulfonamides is 1. The second kappa shape index (κ2) is 6.14. The summed E-state index contributed by atoms with van der Waals surface area (Å²) in [7, 11) is -3.67. The molecule has 21 heavy (non-hydrogen) atoms. The van der Waals surface area contributed by atoms with Crippen molar-refractivity contribution in [1.82, 2.24) is 9.97 Å². The fraction of sp³-hybridized carbons (Fsp3) is 0.0909. The Morgan fingerprint density at radius 2 is 1.86 bits per heavy atom. The van der Waals surface area contributed by atoms with Crippen molar-refractivity contribution >= 4 is 37.5 Å². The molecule has 0 aliphatic heterocycles. The maximum atomic E-state index is 11.9. The number of nitro groups is 1. The number of hydrogen-bond acceptors (Lipinski definition) is 6. The van der Waals surface area contributed by atoms with Gasteiger partial charge in [0.25, 0.3) is 5.69 Å². The summed E-state index contributed by atoms with van der Waals surface area (Å²) in [6, 6.07) is 5.30. The highest BCUT2D eigenvalue weighted by molar-refractivity contribution is 9.10. The first-order chi connectivity index (χ1) is 9.85. The van der Waals surface area contributed by atoms with Crippen LogP contribution in [-0.2, 0) is 15.8 Å². The third-order valence-corrected chi connectivity index (χ3v) is 4.03. The number of non-ortho nitro benzene ring substituents is 1.